The van der Waals surface area contributed by atoms with Gasteiger partial charge in [0.25, 0.3) is 0 Å². The van der Waals surface area contributed by atoms with E-state index >= 15 is 0 Å². The van der Waals surface area contributed by atoms with Crippen molar-refractivity contribution in [2.24, 2.45) is 4.99 Å². The maximum atomic E-state index is 9.85. The Kier molecular flexibility index (Phi) is 9.58. The Balaban J connectivity index is 0.00000261. The van der Waals surface area contributed by atoms with E-state index in [1.807, 2.05) is 18.2 Å². The molecule has 0 saturated carbocycles. The van der Waals surface area contributed by atoms with Crippen LogP contribution in [0.1, 0.15) is 24.9 Å². The van der Waals surface area contributed by atoms with Gasteiger partial charge >= 0.3 is 0 Å². The number of aliphatic hydroxyl groups is 1. The predicted octanol–water partition coefficient (Wildman–Crippen LogP) is 2.36. The smallest absolute Gasteiger partial charge is 0.194 e. The molecule has 0 amide bonds. The number of ether oxygens (including phenoxy) is 1. The van der Waals surface area contributed by atoms with Gasteiger partial charge in [-0.2, -0.15) is 0 Å². The number of halogens is 2. The maximum Gasteiger partial charge on any atom is 0.194 e. The third-order valence-electron chi connectivity index (χ3n) is 4.96. The number of nitrogens with zero attached hydrogens (tertiary/aromatic N) is 3. The van der Waals surface area contributed by atoms with Crippen LogP contribution in [0, 0.1) is 0 Å². The van der Waals surface area contributed by atoms with Crippen molar-refractivity contribution in [2.75, 3.05) is 52.5 Å². The Bertz CT molecular complexity index is 613. The van der Waals surface area contributed by atoms with E-state index in [2.05, 4.69) is 28.1 Å². The lowest BCUT2D eigenvalue weighted by Gasteiger charge is -2.34. The van der Waals surface area contributed by atoms with E-state index in [1.54, 1.807) is 0 Å². The van der Waals surface area contributed by atoms with E-state index in [9.17, 15) is 5.11 Å². The van der Waals surface area contributed by atoms with E-state index in [4.69, 9.17) is 21.3 Å². The molecular formula is C19H30ClIN4O2. The Morgan fingerprint density at radius 1 is 1.33 bits per heavy atom. The van der Waals surface area contributed by atoms with Crippen LogP contribution in [0.25, 0.3) is 0 Å². The molecule has 6 nitrogen and oxygen atoms in total. The molecule has 3 rings (SSSR count). The normalized spacial score (nSPS) is 22.4. The molecule has 0 spiro atoms. The topological polar surface area (TPSA) is 60.3 Å². The summed E-state index contributed by atoms with van der Waals surface area (Å²) in [6, 6.07) is 8.14. The van der Waals surface area contributed by atoms with Crippen LogP contribution < -0.4 is 5.32 Å². The number of rotatable bonds is 5. The molecular weight excluding hydrogens is 479 g/mol. The molecule has 0 aromatic heterocycles. The van der Waals surface area contributed by atoms with Gasteiger partial charge < -0.3 is 20.1 Å². The molecule has 0 aliphatic carbocycles. The number of hydrogen-bond acceptors (Lipinski definition) is 4. The van der Waals surface area contributed by atoms with Crippen LogP contribution in [0.4, 0.5) is 0 Å². The van der Waals surface area contributed by atoms with Gasteiger partial charge in [0.05, 0.1) is 31.9 Å². The standard InChI is InChI=1S/C19H29ClN4O2.HI/c1-2-21-19(24-8-7-15(25)14-24)22-13-18(23-9-11-26-12-10-23)16-5-3-4-6-17(16)20;/h3-6,15,18,25H,2,7-14H2,1H3,(H,21,22);1H/t15-,18?;/m1./s1. The van der Waals surface area contributed by atoms with Crippen molar-refractivity contribution >= 4 is 41.5 Å². The molecule has 1 aromatic rings. The highest BCUT2D eigenvalue weighted by atomic mass is 127. The minimum Gasteiger partial charge on any atom is -0.391 e. The molecule has 0 radical (unpaired) electrons. The molecule has 2 aliphatic heterocycles. The molecule has 2 fully saturated rings. The van der Waals surface area contributed by atoms with Crippen LogP contribution >= 0.6 is 35.6 Å². The number of aliphatic imine (C=N–C) groups is 1. The lowest BCUT2D eigenvalue weighted by molar-refractivity contribution is 0.0179. The summed E-state index contributed by atoms with van der Waals surface area (Å²) in [5.41, 5.74) is 1.11. The zero-order chi connectivity index (χ0) is 18.4. The first kappa shape index (κ1) is 22.7. The van der Waals surface area contributed by atoms with Crippen molar-refractivity contribution in [2.45, 2.75) is 25.5 Å². The number of guanidine groups is 1. The molecule has 2 heterocycles. The second-order valence-corrected chi connectivity index (χ2v) is 7.18. The van der Waals surface area contributed by atoms with Crippen molar-refractivity contribution < 1.29 is 9.84 Å². The first-order valence-electron chi connectivity index (χ1n) is 9.46. The van der Waals surface area contributed by atoms with Crippen molar-refractivity contribution in [1.82, 2.24) is 15.1 Å². The molecule has 27 heavy (non-hydrogen) atoms. The van der Waals surface area contributed by atoms with Crippen LogP contribution in [0.2, 0.25) is 5.02 Å². The van der Waals surface area contributed by atoms with Crippen molar-refractivity contribution in [3.8, 4) is 0 Å². The number of morpholine rings is 1. The van der Waals surface area contributed by atoms with E-state index in [1.165, 1.54) is 0 Å². The van der Waals surface area contributed by atoms with Gasteiger partial charge in [0, 0.05) is 37.7 Å². The summed E-state index contributed by atoms with van der Waals surface area (Å²) >= 11 is 6.50. The Morgan fingerprint density at radius 2 is 2.07 bits per heavy atom. The lowest BCUT2D eigenvalue weighted by atomic mass is 10.0. The Morgan fingerprint density at radius 3 is 2.70 bits per heavy atom. The van der Waals surface area contributed by atoms with Crippen molar-refractivity contribution in [3.05, 3.63) is 34.9 Å². The highest BCUT2D eigenvalue weighted by Crippen LogP contribution is 2.28. The largest absolute Gasteiger partial charge is 0.391 e. The number of aliphatic hydroxyl groups excluding tert-OH is 1. The zero-order valence-electron chi connectivity index (χ0n) is 15.8. The van der Waals surface area contributed by atoms with Gasteiger partial charge in [-0.3, -0.25) is 9.89 Å². The third-order valence-corrected chi connectivity index (χ3v) is 5.31. The average Bonchev–Trinajstić information content (AvgIpc) is 3.09. The number of hydrogen-bond donors (Lipinski definition) is 2. The van der Waals surface area contributed by atoms with E-state index in [-0.39, 0.29) is 36.1 Å². The van der Waals surface area contributed by atoms with Crippen molar-refractivity contribution in [3.63, 3.8) is 0 Å². The second-order valence-electron chi connectivity index (χ2n) is 6.77. The van der Waals surface area contributed by atoms with Gasteiger partial charge in [0.15, 0.2) is 5.96 Å². The first-order valence-corrected chi connectivity index (χ1v) is 9.84. The molecule has 2 aliphatic rings. The molecule has 152 valence electrons. The molecule has 8 heteroatoms. The summed E-state index contributed by atoms with van der Waals surface area (Å²) in [7, 11) is 0. The summed E-state index contributed by atoms with van der Waals surface area (Å²) in [6.07, 6.45) is 0.527. The SMILES string of the molecule is CCNC(=NCC(c1ccccc1Cl)N1CCOCC1)N1CC[C@@H](O)C1.I. The van der Waals surface area contributed by atoms with Crippen LogP contribution in [-0.2, 0) is 4.74 Å². The minimum atomic E-state index is -0.266. The van der Waals surface area contributed by atoms with E-state index in [0.717, 1.165) is 62.4 Å². The van der Waals surface area contributed by atoms with Crippen LogP contribution in [0.15, 0.2) is 29.3 Å². The van der Waals surface area contributed by atoms with Crippen LogP contribution in [0.5, 0.6) is 0 Å². The minimum absolute atomic E-state index is 0. The first-order chi connectivity index (χ1) is 12.7. The summed E-state index contributed by atoms with van der Waals surface area (Å²) in [4.78, 5) is 9.44. The van der Waals surface area contributed by atoms with E-state index in [0.29, 0.717) is 13.1 Å². The van der Waals surface area contributed by atoms with Gasteiger partial charge in [-0.1, -0.05) is 29.8 Å². The summed E-state index contributed by atoms with van der Waals surface area (Å²) < 4.78 is 5.51. The molecule has 2 saturated heterocycles. The highest BCUT2D eigenvalue weighted by molar-refractivity contribution is 14.0. The van der Waals surface area contributed by atoms with Gasteiger partial charge in [0.1, 0.15) is 0 Å². The highest BCUT2D eigenvalue weighted by Gasteiger charge is 2.26. The number of nitrogens with one attached hydrogen (secondary N) is 1. The fourth-order valence-corrected chi connectivity index (χ4v) is 3.84. The fraction of sp³-hybridized carbons (Fsp3) is 0.632. The number of likely N-dealkylation sites (tertiary alicyclic amines) is 1. The molecule has 2 atom stereocenters. The van der Waals surface area contributed by atoms with Gasteiger partial charge in [-0.25, -0.2) is 0 Å². The summed E-state index contributed by atoms with van der Waals surface area (Å²) in [5, 5.41) is 14.0. The molecule has 0 bridgehead atoms. The fourth-order valence-electron chi connectivity index (χ4n) is 3.58. The Labute approximate surface area is 183 Å². The monoisotopic (exact) mass is 508 g/mol. The predicted molar refractivity (Wildman–Crippen MR) is 120 cm³/mol. The molecule has 2 N–H and O–H groups in total. The summed E-state index contributed by atoms with van der Waals surface area (Å²) in [6.45, 7) is 8.20. The zero-order valence-corrected chi connectivity index (χ0v) is 18.9. The number of β-amino-alcohol motifs (C(OH)–C–C–N with tert-alkyl or cyclic N) is 1. The van der Waals surface area contributed by atoms with Crippen molar-refractivity contribution in [1.29, 1.82) is 0 Å². The second kappa shape index (κ2) is 11.4. The Hall–Kier alpha value is -0.610. The number of benzene rings is 1. The maximum absolute atomic E-state index is 9.85. The average molecular weight is 509 g/mol. The lowest BCUT2D eigenvalue weighted by Crippen LogP contribution is -2.43. The summed E-state index contributed by atoms with van der Waals surface area (Å²) in [5.74, 6) is 0.870. The quantitative estimate of drug-likeness (QED) is 0.363. The third kappa shape index (κ3) is 6.19. The van der Waals surface area contributed by atoms with E-state index < -0.39 is 0 Å². The van der Waals surface area contributed by atoms with Gasteiger partial charge in [0.2, 0.25) is 0 Å². The van der Waals surface area contributed by atoms with Crippen LogP contribution in [-0.4, -0.2) is 79.5 Å². The van der Waals surface area contributed by atoms with Crippen LogP contribution in [0.3, 0.4) is 0 Å². The molecule has 1 aromatic carbocycles. The van der Waals surface area contributed by atoms with Gasteiger partial charge in [-0.05, 0) is 25.0 Å². The molecule has 1 unspecified atom stereocenters. The van der Waals surface area contributed by atoms with Gasteiger partial charge in [-0.15, -0.1) is 24.0 Å².